The number of hydrogen-bond donors (Lipinski definition) is 1. The van der Waals surface area contributed by atoms with Crippen LogP contribution in [0, 0.1) is 0 Å². The van der Waals surface area contributed by atoms with Crippen molar-refractivity contribution in [2.75, 3.05) is 11.4 Å². The van der Waals surface area contributed by atoms with E-state index < -0.39 is 0 Å². The van der Waals surface area contributed by atoms with E-state index in [9.17, 15) is 5.11 Å². The Morgan fingerprint density at radius 1 is 1.35 bits per heavy atom. The van der Waals surface area contributed by atoms with Gasteiger partial charge in [0.25, 0.3) is 0 Å². The summed E-state index contributed by atoms with van der Waals surface area (Å²) < 4.78 is 0. The molecule has 17 heavy (non-hydrogen) atoms. The topological polar surface area (TPSA) is 23.5 Å². The van der Waals surface area contributed by atoms with E-state index in [1.54, 1.807) is 0 Å². The molecule has 94 valence electrons. The Morgan fingerprint density at radius 3 is 2.65 bits per heavy atom. The number of halogens is 1. The quantitative estimate of drug-likeness (QED) is 0.886. The van der Waals surface area contributed by atoms with Crippen molar-refractivity contribution < 1.29 is 5.11 Å². The maximum Gasteiger partial charge on any atom is 0.0716 e. The van der Waals surface area contributed by atoms with Crippen molar-refractivity contribution in [3.63, 3.8) is 0 Å². The van der Waals surface area contributed by atoms with Crippen LogP contribution in [0.5, 0.6) is 0 Å². The lowest BCUT2D eigenvalue weighted by Crippen LogP contribution is -2.33. The van der Waals surface area contributed by atoms with Crippen LogP contribution in [0.2, 0.25) is 5.02 Å². The molecule has 0 spiro atoms. The van der Waals surface area contributed by atoms with Crippen molar-refractivity contribution in [1.29, 1.82) is 0 Å². The number of benzene rings is 1. The largest absolute Gasteiger partial charge is 0.392 e. The van der Waals surface area contributed by atoms with Gasteiger partial charge in [0, 0.05) is 28.9 Å². The molecule has 0 atom stereocenters. The lowest BCUT2D eigenvalue weighted by Gasteiger charge is -2.31. The van der Waals surface area contributed by atoms with Crippen LogP contribution in [0.25, 0.3) is 0 Å². The zero-order valence-corrected chi connectivity index (χ0v) is 11.1. The van der Waals surface area contributed by atoms with Gasteiger partial charge in [0.1, 0.15) is 0 Å². The van der Waals surface area contributed by atoms with Crippen LogP contribution in [-0.2, 0) is 6.61 Å². The molecule has 1 N–H and O–H groups in total. The zero-order valence-electron chi connectivity index (χ0n) is 10.3. The standard InChI is InChI=1S/C14H20ClNO/c1-2-16(11-6-3-4-7-11)14-9-5-8-13(15)12(14)10-17/h5,8-9,11,17H,2-4,6-7,10H2,1H3. The highest BCUT2D eigenvalue weighted by molar-refractivity contribution is 6.31. The van der Waals surface area contributed by atoms with Gasteiger partial charge in [-0.3, -0.25) is 0 Å². The molecule has 0 radical (unpaired) electrons. The first kappa shape index (κ1) is 12.7. The number of aliphatic hydroxyl groups excluding tert-OH is 1. The smallest absolute Gasteiger partial charge is 0.0716 e. The van der Waals surface area contributed by atoms with E-state index in [0.717, 1.165) is 17.8 Å². The van der Waals surface area contributed by atoms with Crippen LogP contribution < -0.4 is 4.90 Å². The molecule has 1 fully saturated rings. The van der Waals surface area contributed by atoms with E-state index in [-0.39, 0.29) is 6.61 Å². The molecule has 0 bridgehead atoms. The van der Waals surface area contributed by atoms with Gasteiger partial charge in [-0.05, 0) is 31.9 Å². The van der Waals surface area contributed by atoms with E-state index in [0.29, 0.717) is 11.1 Å². The average Bonchev–Trinajstić information content (AvgIpc) is 2.84. The van der Waals surface area contributed by atoms with Crippen LogP contribution >= 0.6 is 11.6 Å². The predicted octanol–water partition coefficient (Wildman–Crippen LogP) is 3.60. The van der Waals surface area contributed by atoms with Crippen molar-refractivity contribution in [2.45, 2.75) is 45.3 Å². The third kappa shape index (κ3) is 2.58. The zero-order chi connectivity index (χ0) is 12.3. The molecule has 1 aliphatic rings. The Kier molecular flexibility index (Phi) is 4.30. The van der Waals surface area contributed by atoms with Crippen LogP contribution in [0.3, 0.4) is 0 Å². The van der Waals surface area contributed by atoms with E-state index in [1.807, 2.05) is 12.1 Å². The third-order valence-electron chi connectivity index (χ3n) is 3.67. The fraction of sp³-hybridized carbons (Fsp3) is 0.571. The first-order valence-electron chi connectivity index (χ1n) is 6.42. The first-order valence-corrected chi connectivity index (χ1v) is 6.80. The van der Waals surface area contributed by atoms with Gasteiger partial charge in [0.15, 0.2) is 0 Å². The van der Waals surface area contributed by atoms with Gasteiger partial charge in [-0.2, -0.15) is 0 Å². The Hall–Kier alpha value is -0.730. The van der Waals surface area contributed by atoms with E-state index in [1.165, 1.54) is 25.7 Å². The minimum Gasteiger partial charge on any atom is -0.392 e. The molecule has 0 amide bonds. The van der Waals surface area contributed by atoms with E-state index >= 15 is 0 Å². The molecule has 2 rings (SSSR count). The molecular formula is C14H20ClNO. The fourth-order valence-electron chi connectivity index (χ4n) is 2.81. The summed E-state index contributed by atoms with van der Waals surface area (Å²) in [5, 5.41) is 10.1. The van der Waals surface area contributed by atoms with Gasteiger partial charge >= 0.3 is 0 Å². The Morgan fingerprint density at radius 2 is 2.06 bits per heavy atom. The maximum atomic E-state index is 9.48. The number of anilines is 1. The minimum absolute atomic E-state index is 0.0121. The second-order valence-corrected chi connectivity index (χ2v) is 5.03. The van der Waals surface area contributed by atoms with Gasteiger partial charge in [0.05, 0.1) is 6.61 Å². The minimum atomic E-state index is 0.0121. The summed E-state index contributed by atoms with van der Waals surface area (Å²) in [5.41, 5.74) is 1.97. The molecule has 1 aromatic carbocycles. The van der Waals surface area contributed by atoms with Crippen molar-refractivity contribution in [1.82, 2.24) is 0 Å². The molecule has 0 unspecified atom stereocenters. The van der Waals surface area contributed by atoms with Crippen LogP contribution in [0.4, 0.5) is 5.69 Å². The second-order valence-electron chi connectivity index (χ2n) is 4.62. The number of nitrogens with zero attached hydrogens (tertiary/aromatic N) is 1. The SMILES string of the molecule is CCN(c1cccc(Cl)c1CO)C1CCCC1. The van der Waals surface area contributed by atoms with Crippen LogP contribution in [0.15, 0.2) is 18.2 Å². The molecule has 2 nitrogen and oxygen atoms in total. The van der Waals surface area contributed by atoms with Gasteiger partial charge < -0.3 is 10.0 Å². The summed E-state index contributed by atoms with van der Waals surface area (Å²) in [6, 6.07) is 6.50. The molecule has 1 aromatic rings. The van der Waals surface area contributed by atoms with Gasteiger partial charge in [-0.25, -0.2) is 0 Å². The van der Waals surface area contributed by atoms with Crippen molar-refractivity contribution in [3.8, 4) is 0 Å². The molecule has 1 saturated carbocycles. The van der Waals surface area contributed by atoms with Gasteiger partial charge in [-0.15, -0.1) is 0 Å². The number of hydrogen-bond acceptors (Lipinski definition) is 2. The Balaban J connectivity index is 2.32. The average molecular weight is 254 g/mol. The molecule has 0 saturated heterocycles. The molecule has 1 aliphatic carbocycles. The predicted molar refractivity (Wildman–Crippen MR) is 72.7 cm³/mol. The van der Waals surface area contributed by atoms with E-state index in [4.69, 9.17) is 11.6 Å². The van der Waals surface area contributed by atoms with Crippen molar-refractivity contribution in [3.05, 3.63) is 28.8 Å². The molecular weight excluding hydrogens is 234 g/mol. The van der Waals surface area contributed by atoms with Crippen molar-refractivity contribution in [2.24, 2.45) is 0 Å². The molecule has 3 heteroatoms. The summed E-state index contributed by atoms with van der Waals surface area (Å²) in [4.78, 5) is 2.39. The highest BCUT2D eigenvalue weighted by atomic mass is 35.5. The summed E-state index contributed by atoms with van der Waals surface area (Å²) in [5.74, 6) is 0. The van der Waals surface area contributed by atoms with E-state index in [2.05, 4.69) is 17.9 Å². The van der Waals surface area contributed by atoms with Crippen molar-refractivity contribution >= 4 is 17.3 Å². The number of rotatable bonds is 4. The lowest BCUT2D eigenvalue weighted by molar-refractivity contribution is 0.282. The number of aliphatic hydroxyl groups is 1. The highest BCUT2D eigenvalue weighted by Crippen LogP contribution is 2.33. The summed E-state index contributed by atoms with van der Waals surface area (Å²) in [6.07, 6.45) is 5.14. The third-order valence-corrected chi connectivity index (χ3v) is 4.02. The fourth-order valence-corrected chi connectivity index (χ4v) is 3.04. The summed E-state index contributed by atoms with van der Waals surface area (Å²) in [6.45, 7) is 3.15. The maximum absolute atomic E-state index is 9.48. The summed E-state index contributed by atoms with van der Waals surface area (Å²) in [7, 11) is 0. The van der Waals surface area contributed by atoms with Gasteiger partial charge in [-0.1, -0.05) is 30.5 Å². The normalized spacial score (nSPS) is 16.4. The second kappa shape index (κ2) is 5.74. The molecule has 0 aromatic heterocycles. The Labute approximate surface area is 108 Å². The van der Waals surface area contributed by atoms with Crippen LogP contribution in [-0.4, -0.2) is 17.7 Å². The molecule has 0 heterocycles. The lowest BCUT2D eigenvalue weighted by atomic mass is 10.1. The van der Waals surface area contributed by atoms with Gasteiger partial charge in [0.2, 0.25) is 0 Å². The highest BCUT2D eigenvalue weighted by Gasteiger charge is 2.23. The molecule has 0 aliphatic heterocycles. The van der Waals surface area contributed by atoms with Crippen LogP contribution in [0.1, 0.15) is 38.2 Å². The summed E-state index contributed by atoms with van der Waals surface area (Å²) >= 11 is 6.15. The first-order chi connectivity index (χ1) is 8.27. The monoisotopic (exact) mass is 253 g/mol. The Bertz CT molecular complexity index is 374.